The first-order valence-corrected chi connectivity index (χ1v) is 9.05. The maximum atomic E-state index is 13.1. The van der Waals surface area contributed by atoms with Crippen LogP contribution in [0.25, 0.3) is 0 Å². The lowest BCUT2D eigenvalue weighted by atomic mass is 10.0. The fourth-order valence-electron chi connectivity index (χ4n) is 3.62. The van der Waals surface area contributed by atoms with Crippen molar-refractivity contribution >= 4 is 17.5 Å². The van der Waals surface area contributed by atoms with Crippen LogP contribution in [0.3, 0.4) is 0 Å². The number of amides is 2. The molecule has 27 heavy (non-hydrogen) atoms. The van der Waals surface area contributed by atoms with Crippen molar-refractivity contribution in [2.24, 2.45) is 10.3 Å². The maximum Gasteiger partial charge on any atom is 0.263 e. The van der Waals surface area contributed by atoms with Crippen LogP contribution < -0.4 is 4.90 Å². The van der Waals surface area contributed by atoms with E-state index in [2.05, 4.69) is 28.5 Å². The third-order valence-electron chi connectivity index (χ3n) is 5.44. The van der Waals surface area contributed by atoms with Crippen LogP contribution in [0, 0.1) is 27.7 Å². The van der Waals surface area contributed by atoms with Gasteiger partial charge in [0.15, 0.2) is 12.1 Å². The van der Waals surface area contributed by atoms with Crippen molar-refractivity contribution in [3.05, 3.63) is 64.2 Å². The van der Waals surface area contributed by atoms with E-state index in [0.29, 0.717) is 12.2 Å². The third kappa shape index (κ3) is 2.81. The SMILES string of the molecule is Cc1ccc(C)c(CN2N=N[C@H]3C(=O)N(c4ccc(C)c(C)c4)C(=O)[C@H]32)c1. The quantitative estimate of drug-likeness (QED) is 0.786. The van der Waals surface area contributed by atoms with Crippen LogP contribution in [0.5, 0.6) is 0 Å². The maximum absolute atomic E-state index is 13.1. The lowest BCUT2D eigenvalue weighted by molar-refractivity contribution is -0.123. The van der Waals surface area contributed by atoms with Crippen LogP contribution in [0.15, 0.2) is 46.7 Å². The Bertz CT molecular complexity index is 982. The van der Waals surface area contributed by atoms with Crippen molar-refractivity contribution in [1.29, 1.82) is 0 Å². The van der Waals surface area contributed by atoms with Crippen molar-refractivity contribution in [2.45, 2.75) is 46.3 Å². The molecule has 6 nitrogen and oxygen atoms in total. The monoisotopic (exact) mass is 362 g/mol. The van der Waals surface area contributed by atoms with E-state index in [-0.39, 0.29) is 11.8 Å². The number of imide groups is 1. The van der Waals surface area contributed by atoms with Gasteiger partial charge in [-0.3, -0.25) is 14.6 Å². The van der Waals surface area contributed by atoms with E-state index in [1.807, 2.05) is 45.9 Å². The van der Waals surface area contributed by atoms with Crippen LogP contribution in [-0.4, -0.2) is 28.9 Å². The van der Waals surface area contributed by atoms with Gasteiger partial charge in [0.2, 0.25) is 0 Å². The standard InChI is InChI=1S/C21H22N4O2/c1-12-5-6-14(3)16(9-12)11-24-19-18(22-23-24)20(26)25(21(19)27)17-8-7-13(2)15(4)10-17/h5-10,18-19H,11H2,1-4H3/t18-,19+/m1/s1. The number of aryl methyl sites for hydroxylation is 4. The number of hydrogen-bond donors (Lipinski definition) is 0. The molecular weight excluding hydrogens is 340 g/mol. The first-order chi connectivity index (χ1) is 12.9. The molecule has 0 aromatic heterocycles. The summed E-state index contributed by atoms with van der Waals surface area (Å²) >= 11 is 0. The largest absolute Gasteiger partial charge is 0.271 e. The zero-order chi connectivity index (χ0) is 19.3. The average molecular weight is 362 g/mol. The number of nitrogens with zero attached hydrogens (tertiary/aromatic N) is 4. The van der Waals surface area contributed by atoms with E-state index in [9.17, 15) is 9.59 Å². The molecule has 6 heteroatoms. The molecule has 138 valence electrons. The Labute approximate surface area is 158 Å². The number of fused-ring (bicyclic) bond motifs is 1. The zero-order valence-corrected chi connectivity index (χ0v) is 15.9. The van der Waals surface area contributed by atoms with E-state index < -0.39 is 12.1 Å². The Morgan fingerprint density at radius 1 is 0.889 bits per heavy atom. The zero-order valence-electron chi connectivity index (χ0n) is 15.9. The average Bonchev–Trinajstić information content (AvgIpc) is 3.14. The third-order valence-corrected chi connectivity index (χ3v) is 5.44. The molecule has 0 N–H and O–H groups in total. The molecule has 0 radical (unpaired) electrons. The van der Waals surface area contributed by atoms with Crippen LogP contribution in [-0.2, 0) is 16.1 Å². The van der Waals surface area contributed by atoms with Crippen molar-refractivity contribution in [2.75, 3.05) is 4.90 Å². The summed E-state index contributed by atoms with van der Waals surface area (Å²) in [7, 11) is 0. The van der Waals surface area contributed by atoms with Gasteiger partial charge in [-0.2, -0.15) is 5.11 Å². The Morgan fingerprint density at radius 2 is 1.63 bits per heavy atom. The molecule has 2 aromatic carbocycles. The van der Waals surface area contributed by atoms with Gasteiger partial charge >= 0.3 is 0 Å². The van der Waals surface area contributed by atoms with Gasteiger partial charge in [-0.1, -0.05) is 35.1 Å². The molecule has 4 rings (SSSR count). The van der Waals surface area contributed by atoms with Gasteiger partial charge in [-0.15, -0.1) is 0 Å². The normalized spacial score (nSPS) is 21.3. The lowest BCUT2D eigenvalue weighted by Gasteiger charge is -2.22. The van der Waals surface area contributed by atoms with E-state index in [1.165, 1.54) is 4.90 Å². The van der Waals surface area contributed by atoms with Gasteiger partial charge in [0.1, 0.15) is 0 Å². The fraction of sp³-hybridized carbons (Fsp3) is 0.333. The summed E-state index contributed by atoms with van der Waals surface area (Å²) in [5.41, 5.74) is 6.12. The predicted octanol–water partition coefficient (Wildman–Crippen LogP) is 3.41. The van der Waals surface area contributed by atoms with Crippen molar-refractivity contribution in [3.63, 3.8) is 0 Å². The highest BCUT2D eigenvalue weighted by Gasteiger charge is 2.54. The Morgan fingerprint density at radius 3 is 2.37 bits per heavy atom. The van der Waals surface area contributed by atoms with E-state index in [0.717, 1.165) is 27.8 Å². The summed E-state index contributed by atoms with van der Waals surface area (Å²) in [6.45, 7) is 8.49. The molecule has 0 spiro atoms. The number of rotatable bonds is 3. The molecule has 1 fully saturated rings. The molecule has 2 amide bonds. The van der Waals surface area contributed by atoms with Gasteiger partial charge in [-0.05, 0) is 62.1 Å². The van der Waals surface area contributed by atoms with E-state index in [1.54, 1.807) is 5.01 Å². The summed E-state index contributed by atoms with van der Waals surface area (Å²) in [6.07, 6.45) is 0. The van der Waals surface area contributed by atoms with Crippen LogP contribution in [0.1, 0.15) is 27.8 Å². The molecule has 0 unspecified atom stereocenters. The molecular formula is C21H22N4O2. The molecule has 0 saturated carbocycles. The van der Waals surface area contributed by atoms with Crippen molar-refractivity contribution in [3.8, 4) is 0 Å². The summed E-state index contributed by atoms with van der Waals surface area (Å²) < 4.78 is 0. The highest BCUT2D eigenvalue weighted by Crippen LogP contribution is 2.33. The molecule has 0 bridgehead atoms. The highest BCUT2D eigenvalue weighted by molar-refractivity contribution is 6.25. The summed E-state index contributed by atoms with van der Waals surface area (Å²) in [4.78, 5) is 27.2. The summed E-state index contributed by atoms with van der Waals surface area (Å²) in [6, 6.07) is 10.4. The number of benzene rings is 2. The highest BCUT2D eigenvalue weighted by atomic mass is 16.2. The predicted molar refractivity (Wildman–Crippen MR) is 102 cm³/mol. The molecule has 1 saturated heterocycles. The topological polar surface area (TPSA) is 65.3 Å². The van der Waals surface area contributed by atoms with Gasteiger partial charge in [0.25, 0.3) is 11.8 Å². The Kier molecular flexibility index (Phi) is 4.06. The van der Waals surface area contributed by atoms with Gasteiger partial charge < -0.3 is 0 Å². The van der Waals surface area contributed by atoms with Crippen LogP contribution in [0.4, 0.5) is 5.69 Å². The van der Waals surface area contributed by atoms with Crippen molar-refractivity contribution < 1.29 is 9.59 Å². The Balaban J connectivity index is 1.63. The number of anilines is 1. The second kappa shape index (κ2) is 6.30. The minimum atomic E-state index is -0.760. The first-order valence-electron chi connectivity index (χ1n) is 9.05. The van der Waals surface area contributed by atoms with E-state index in [4.69, 9.17) is 0 Å². The second-order valence-corrected chi connectivity index (χ2v) is 7.40. The smallest absolute Gasteiger partial charge is 0.263 e. The van der Waals surface area contributed by atoms with Crippen LogP contribution >= 0.6 is 0 Å². The minimum Gasteiger partial charge on any atom is -0.271 e. The van der Waals surface area contributed by atoms with Gasteiger partial charge in [-0.25, -0.2) is 4.90 Å². The molecule has 2 heterocycles. The Hall–Kier alpha value is -3.02. The van der Waals surface area contributed by atoms with Crippen LogP contribution in [0.2, 0.25) is 0 Å². The van der Waals surface area contributed by atoms with Gasteiger partial charge in [0.05, 0.1) is 12.2 Å². The number of carbonyl (C=O) groups excluding carboxylic acids is 2. The molecule has 2 aromatic rings. The fourth-order valence-corrected chi connectivity index (χ4v) is 3.62. The van der Waals surface area contributed by atoms with Crippen molar-refractivity contribution in [1.82, 2.24) is 5.01 Å². The number of hydrogen-bond acceptors (Lipinski definition) is 5. The summed E-state index contributed by atoms with van der Waals surface area (Å²) in [5.74, 6) is -0.566. The molecule has 2 atom stereocenters. The number of carbonyl (C=O) groups is 2. The lowest BCUT2D eigenvalue weighted by Crippen LogP contribution is -2.39. The summed E-state index contributed by atoms with van der Waals surface area (Å²) in [5, 5.41) is 9.90. The van der Waals surface area contributed by atoms with E-state index >= 15 is 0 Å². The van der Waals surface area contributed by atoms with Gasteiger partial charge in [0, 0.05) is 0 Å². The molecule has 2 aliphatic rings. The minimum absolute atomic E-state index is 0.261. The first kappa shape index (κ1) is 17.4. The second-order valence-electron chi connectivity index (χ2n) is 7.40. The molecule has 2 aliphatic heterocycles. The molecule has 0 aliphatic carbocycles.